The predicted molar refractivity (Wildman–Crippen MR) is 82.0 cm³/mol. The number of likely N-dealkylation sites (N-methyl/N-ethyl adjacent to an activating group) is 1. The third-order valence-electron chi connectivity index (χ3n) is 3.15. The Hall–Kier alpha value is -2.49. The van der Waals surface area contributed by atoms with Crippen LogP contribution in [-0.2, 0) is 4.79 Å². The van der Waals surface area contributed by atoms with Gasteiger partial charge in [0.05, 0.1) is 5.69 Å². The van der Waals surface area contributed by atoms with E-state index < -0.39 is 0 Å². The minimum absolute atomic E-state index is 0.0781. The minimum Gasteiger partial charge on any atom is -0.345 e. The van der Waals surface area contributed by atoms with E-state index in [1.165, 1.54) is 11.0 Å². The summed E-state index contributed by atoms with van der Waals surface area (Å²) >= 11 is 0. The quantitative estimate of drug-likeness (QED) is 0.810. The van der Waals surface area contributed by atoms with Gasteiger partial charge in [-0.3, -0.25) is 9.78 Å². The van der Waals surface area contributed by atoms with Gasteiger partial charge in [0.2, 0.25) is 5.91 Å². The molecule has 0 radical (unpaired) electrons. The highest BCUT2D eigenvalue weighted by Gasteiger charge is 2.07. The van der Waals surface area contributed by atoms with Crippen LogP contribution in [0.15, 0.2) is 48.7 Å². The van der Waals surface area contributed by atoms with Gasteiger partial charge >= 0.3 is 0 Å². The Labute approximate surface area is 123 Å². The standard InChI is InChI=1S/C17H17FN2O/c1-12(10-17(21)20(2)3)13-8-9-16(19-11-13)14-6-4-5-7-15(14)18/h4-11H,1-3H3. The van der Waals surface area contributed by atoms with E-state index in [9.17, 15) is 9.18 Å². The van der Waals surface area contributed by atoms with Crippen molar-refractivity contribution < 1.29 is 9.18 Å². The molecule has 108 valence electrons. The molecule has 21 heavy (non-hydrogen) atoms. The Balaban J connectivity index is 2.28. The molecular formula is C17H17FN2O. The number of carbonyl (C=O) groups is 1. The van der Waals surface area contributed by atoms with Gasteiger partial charge in [0.1, 0.15) is 5.82 Å². The van der Waals surface area contributed by atoms with E-state index in [1.54, 1.807) is 50.6 Å². The van der Waals surface area contributed by atoms with E-state index >= 15 is 0 Å². The molecule has 0 saturated carbocycles. The zero-order valence-corrected chi connectivity index (χ0v) is 12.3. The monoisotopic (exact) mass is 284 g/mol. The second-order valence-electron chi connectivity index (χ2n) is 4.97. The first-order valence-electron chi connectivity index (χ1n) is 6.60. The number of allylic oxidation sites excluding steroid dienone is 1. The largest absolute Gasteiger partial charge is 0.345 e. The van der Waals surface area contributed by atoms with Gasteiger partial charge in [-0.25, -0.2) is 4.39 Å². The van der Waals surface area contributed by atoms with Crippen molar-refractivity contribution in [3.05, 3.63) is 60.1 Å². The third kappa shape index (κ3) is 3.54. The summed E-state index contributed by atoms with van der Waals surface area (Å²) in [6, 6.07) is 10.1. The smallest absolute Gasteiger partial charge is 0.246 e. The Bertz CT molecular complexity index is 675. The van der Waals surface area contributed by atoms with Crippen LogP contribution in [0.3, 0.4) is 0 Å². The Morgan fingerprint density at radius 2 is 1.90 bits per heavy atom. The van der Waals surface area contributed by atoms with Gasteiger partial charge in [0.15, 0.2) is 0 Å². The number of amides is 1. The normalized spacial score (nSPS) is 11.3. The summed E-state index contributed by atoms with van der Waals surface area (Å²) in [6.45, 7) is 1.85. The van der Waals surface area contributed by atoms with Crippen molar-refractivity contribution >= 4 is 11.5 Å². The summed E-state index contributed by atoms with van der Waals surface area (Å²) in [5.41, 5.74) is 2.70. The van der Waals surface area contributed by atoms with Crippen molar-refractivity contribution in [2.45, 2.75) is 6.92 Å². The Kier molecular flexibility index (Phi) is 4.48. The topological polar surface area (TPSA) is 33.2 Å². The number of aromatic nitrogens is 1. The van der Waals surface area contributed by atoms with Crippen LogP contribution in [0.1, 0.15) is 12.5 Å². The molecule has 0 N–H and O–H groups in total. The highest BCUT2D eigenvalue weighted by atomic mass is 19.1. The lowest BCUT2D eigenvalue weighted by atomic mass is 10.1. The second-order valence-corrected chi connectivity index (χ2v) is 4.97. The molecule has 1 heterocycles. The van der Waals surface area contributed by atoms with E-state index in [4.69, 9.17) is 0 Å². The van der Waals surface area contributed by atoms with E-state index in [0.29, 0.717) is 11.3 Å². The molecule has 0 fully saturated rings. The van der Waals surface area contributed by atoms with Crippen molar-refractivity contribution in [2.75, 3.05) is 14.1 Å². The molecule has 0 aliphatic rings. The van der Waals surface area contributed by atoms with Crippen molar-refractivity contribution in [2.24, 2.45) is 0 Å². The Morgan fingerprint density at radius 1 is 1.19 bits per heavy atom. The fourth-order valence-corrected chi connectivity index (χ4v) is 1.85. The van der Waals surface area contributed by atoms with Crippen LogP contribution < -0.4 is 0 Å². The number of hydrogen-bond acceptors (Lipinski definition) is 2. The summed E-state index contributed by atoms with van der Waals surface area (Å²) in [5.74, 6) is -0.376. The predicted octanol–water partition coefficient (Wildman–Crippen LogP) is 3.38. The van der Waals surface area contributed by atoms with Crippen LogP contribution in [0.2, 0.25) is 0 Å². The summed E-state index contributed by atoms with van der Waals surface area (Å²) in [5, 5.41) is 0. The zero-order valence-electron chi connectivity index (χ0n) is 12.3. The van der Waals surface area contributed by atoms with Crippen LogP contribution in [-0.4, -0.2) is 29.9 Å². The number of nitrogens with zero attached hydrogens (tertiary/aromatic N) is 2. The number of hydrogen-bond donors (Lipinski definition) is 0. The van der Waals surface area contributed by atoms with Crippen molar-refractivity contribution in [3.8, 4) is 11.3 Å². The molecule has 3 nitrogen and oxygen atoms in total. The molecule has 1 aromatic carbocycles. The number of carbonyl (C=O) groups excluding carboxylic acids is 1. The maximum absolute atomic E-state index is 13.7. The summed E-state index contributed by atoms with van der Waals surface area (Å²) < 4.78 is 13.7. The van der Waals surface area contributed by atoms with Crippen LogP contribution in [0.25, 0.3) is 16.8 Å². The zero-order chi connectivity index (χ0) is 15.4. The first-order chi connectivity index (χ1) is 9.99. The minimum atomic E-state index is -0.298. The van der Waals surface area contributed by atoms with Gasteiger partial charge in [-0.15, -0.1) is 0 Å². The van der Waals surface area contributed by atoms with Crippen LogP contribution >= 0.6 is 0 Å². The molecular weight excluding hydrogens is 267 g/mol. The fraction of sp³-hybridized carbons (Fsp3) is 0.176. The van der Waals surface area contributed by atoms with Gasteiger partial charge in [0, 0.05) is 31.9 Å². The summed E-state index contributed by atoms with van der Waals surface area (Å²) in [4.78, 5) is 17.4. The van der Waals surface area contributed by atoms with E-state index in [1.807, 2.05) is 13.0 Å². The van der Waals surface area contributed by atoms with E-state index in [-0.39, 0.29) is 11.7 Å². The van der Waals surface area contributed by atoms with Crippen molar-refractivity contribution in [1.82, 2.24) is 9.88 Å². The molecule has 0 atom stereocenters. The summed E-state index contributed by atoms with van der Waals surface area (Å²) in [6.07, 6.45) is 3.20. The SMILES string of the molecule is CC(=CC(=O)N(C)C)c1ccc(-c2ccccc2F)nc1. The summed E-state index contributed by atoms with van der Waals surface area (Å²) in [7, 11) is 3.40. The average molecular weight is 284 g/mol. The third-order valence-corrected chi connectivity index (χ3v) is 3.15. The second kappa shape index (κ2) is 6.31. The highest BCUT2D eigenvalue weighted by molar-refractivity contribution is 5.94. The molecule has 0 aliphatic carbocycles. The molecule has 0 unspecified atom stereocenters. The van der Waals surface area contributed by atoms with Crippen LogP contribution in [0, 0.1) is 5.82 Å². The molecule has 4 heteroatoms. The van der Waals surface area contributed by atoms with E-state index in [0.717, 1.165) is 11.1 Å². The maximum Gasteiger partial charge on any atom is 0.246 e. The van der Waals surface area contributed by atoms with Crippen molar-refractivity contribution in [1.29, 1.82) is 0 Å². The lowest BCUT2D eigenvalue weighted by Crippen LogP contribution is -2.19. The van der Waals surface area contributed by atoms with Gasteiger partial charge in [0.25, 0.3) is 0 Å². The number of halogens is 1. The molecule has 1 amide bonds. The van der Waals surface area contributed by atoms with Gasteiger partial charge in [-0.2, -0.15) is 0 Å². The van der Waals surface area contributed by atoms with Crippen LogP contribution in [0.5, 0.6) is 0 Å². The maximum atomic E-state index is 13.7. The first-order valence-corrected chi connectivity index (χ1v) is 6.60. The van der Waals surface area contributed by atoms with Crippen LogP contribution in [0.4, 0.5) is 4.39 Å². The molecule has 0 bridgehead atoms. The molecule has 2 aromatic rings. The molecule has 0 saturated heterocycles. The highest BCUT2D eigenvalue weighted by Crippen LogP contribution is 2.22. The molecule has 2 rings (SSSR count). The first kappa shape index (κ1) is 14.9. The average Bonchev–Trinajstić information content (AvgIpc) is 2.47. The van der Waals surface area contributed by atoms with Gasteiger partial charge < -0.3 is 4.90 Å². The molecule has 0 aliphatic heterocycles. The Morgan fingerprint density at radius 3 is 2.48 bits per heavy atom. The number of benzene rings is 1. The molecule has 1 aromatic heterocycles. The van der Waals surface area contributed by atoms with E-state index in [2.05, 4.69) is 4.98 Å². The van der Waals surface area contributed by atoms with Crippen molar-refractivity contribution in [3.63, 3.8) is 0 Å². The molecule has 0 spiro atoms. The van der Waals surface area contributed by atoms with Gasteiger partial charge in [-0.1, -0.05) is 18.2 Å². The fourth-order valence-electron chi connectivity index (χ4n) is 1.85. The number of pyridine rings is 1. The lowest BCUT2D eigenvalue weighted by Gasteiger charge is -2.08. The number of rotatable bonds is 3. The lowest BCUT2D eigenvalue weighted by molar-refractivity contribution is -0.123. The van der Waals surface area contributed by atoms with Gasteiger partial charge in [-0.05, 0) is 36.3 Å².